The maximum Gasteiger partial charge on any atom is 0.156 e. The van der Waals surface area contributed by atoms with E-state index in [2.05, 4.69) is 24.1 Å². The Hall–Kier alpha value is -0.130. The minimum atomic E-state index is -3.03. The first-order chi connectivity index (χ1) is 9.58. The van der Waals surface area contributed by atoms with Gasteiger partial charge in [0.05, 0.1) is 10.5 Å². The van der Waals surface area contributed by atoms with Crippen LogP contribution in [0.1, 0.15) is 53.9 Å². The highest BCUT2D eigenvalue weighted by Gasteiger charge is 2.42. The van der Waals surface area contributed by atoms with Gasteiger partial charge in [0.1, 0.15) is 0 Å². The molecule has 0 radical (unpaired) electrons. The van der Waals surface area contributed by atoms with Gasteiger partial charge in [-0.1, -0.05) is 6.92 Å². The molecule has 0 aromatic rings. The Labute approximate surface area is 130 Å². The standard InChI is InChI=1S/C16H32N2O2S/c1-6-16(5)12-18(14(11-17-16)13-7-8-13)9-10-21(19,20)15(2,3)4/h13-14,17H,6-12H2,1-5H3. The van der Waals surface area contributed by atoms with E-state index in [-0.39, 0.29) is 11.3 Å². The van der Waals surface area contributed by atoms with Crippen LogP contribution in [-0.4, -0.2) is 55.0 Å². The highest BCUT2D eigenvalue weighted by molar-refractivity contribution is 7.92. The number of nitrogens with one attached hydrogen (secondary N) is 1. The van der Waals surface area contributed by atoms with Gasteiger partial charge < -0.3 is 5.32 Å². The molecule has 2 rings (SSSR count). The average molecular weight is 317 g/mol. The van der Waals surface area contributed by atoms with Gasteiger partial charge in [0.15, 0.2) is 9.84 Å². The van der Waals surface area contributed by atoms with E-state index >= 15 is 0 Å². The van der Waals surface area contributed by atoms with E-state index in [0.717, 1.165) is 25.4 Å². The highest BCUT2D eigenvalue weighted by atomic mass is 32.2. The highest BCUT2D eigenvalue weighted by Crippen LogP contribution is 2.37. The zero-order chi connectivity index (χ0) is 15.9. The molecule has 1 saturated heterocycles. The van der Waals surface area contributed by atoms with Crippen molar-refractivity contribution in [3.05, 3.63) is 0 Å². The third kappa shape index (κ3) is 3.99. The number of nitrogens with zero attached hydrogens (tertiary/aromatic N) is 1. The average Bonchev–Trinajstić information content (AvgIpc) is 3.19. The maximum atomic E-state index is 12.4. The Balaban J connectivity index is 2.03. The van der Waals surface area contributed by atoms with E-state index in [1.165, 1.54) is 12.8 Å². The molecule has 0 aromatic heterocycles. The molecular weight excluding hydrogens is 284 g/mol. The first-order valence-electron chi connectivity index (χ1n) is 8.29. The lowest BCUT2D eigenvalue weighted by molar-refractivity contribution is 0.0784. The van der Waals surface area contributed by atoms with Crippen LogP contribution in [0.3, 0.4) is 0 Å². The number of hydrogen-bond acceptors (Lipinski definition) is 4. The molecule has 0 spiro atoms. The third-order valence-electron chi connectivity index (χ3n) is 5.29. The molecule has 0 amide bonds. The van der Waals surface area contributed by atoms with E-state index < -0.39 is 14.6 Å². The second-order valence-electron chi connectivity index (χ2n) is 8.10. The van der Waals surface area contributed by atoms with Crippen molar-refractivity contribution in [2.75, 3.05) is 25.4 Å². The second kappa shape index (κ2) is 5.82. The summed E-state index contributed by atoms with van der Waals surface area (Å²) in [5, 5.41) is 3.68. The molecule has 124 valence electrons. The summed E-state index contributed by atoms with van der Waals surface area (Å²) in [4.78, 5) is 2.45. The van der Waals surface area contributed by atoms with Gasteiger partial charge in [-0.25, -0.2) is 8.42 Å². The van der Waals surface area contributed by atoms with Crippen molar-refractivity contribution in [2.24, 2.45) is 5.92 Å². The fourth-order valence-corrected chi connectivity index (χ4v) is 4.16. The summed E-state index contributed by atoms with van der Waals surface area (Å²) >= 11 is 0. The smallest absolute Gasteiger partial charge is 0.156 e. The second-order valence-corrected chi connectivity index (χ2v) is 11.0. The fourth-order valence-electron chi connectivity index (χ4n) is 3.07. The van der Waals surface area contributed by atoms with Gasteiger partial charge in [-0.3, -0.25) is 4.90 Å². The molecule has 21 heavy (non-hydrogen) atoms. The maximum absolute atomic E-state index is 12.4. The quantitative estimate of drug-likeness (QED) is 0.843. The van der Waals surface area contributed by atoms with Gasteiger partial charge in [0, 0.05) is 31.2 Å². The molecule has 1 aliphatic carbocycles. The van der Waals surface area contributed by atoms with Crippen molar-refractivity contribution in [3.8, 4) is 0 Å². The number of hydrogen-bond donors (Lipinski definition) is 1. The summed E-state index contributed by atoms with van der Waals surface area (Å²) in [6, 6.07) is 0.528. The monoisotopic (exact) mass is 316 g/mol. The first kappa shape index (κ1) is 17.2. The summed E-state index contributed by atoms with van der Waals surface area (Å²) in [6.45, 7) is 12.5. The predicted molar refractivity (Wildman–Crippen MR) is 88.3 cm³/mol. The van der Waals surface area contributed by atoms with Crippen LogP contribution in [0.4, 0.5) is 0 Å². The van der Waals surface area contributed by atoms with Crippen LogP contribution in [0.5, 0.6) is 0 Å². The van der Waals surface area contributed by atoms with Crippen LogP contribution < -0.4 is 5.32 Å². The molecule has 1 aliphatic heterocycles. The van der Waals surface area contributed by atoms with Crippen molar-refractivity contribution in [2.45, 2.75) is 70.2 Å². The molecule has 2 aliphatic rings. The molecule has 0 bridgehead atoms. The third-order valence-corrected chi connectivity index (χ3v) is 7.87. The molecule has 2 fully saturated rings. The topological polar surface area (TPSA) is 49.4 Å². The fraction of sp³-hybridized carbons (Fsp3) is 1.00. The Bertz CT molecular complexity index is 465. The number of sulfone groups is 1. The van der Waals surface area contributed by atoms with Crippen molar-refractivity contribution >= 4 is 9.84 Å². The van der Waals surface area contributed by atoms with E-state index in [1.807, 2.05) is 0 Å². The molecule has 1 saturated carbocycles. The molecule has 4 nitrogen and oxygen atoms in total. The number of rotatable bonds is 5. The number of piperazine rings is 1. The molecule has 1 N–H and O–H groups in total. The van der Waals surface area contributed by atoms with Gasteiger partial charge in [0.2, 0.25) is 0 Å². The SMILES string of the molecule is CCC1(C)CN(CCS(=O)(=O)C(C)(C)C)C(C2CC2)CN1. The summed E-state index contributed by atoms with van der Waals surface area (Å²) < 4.78 is 24.1. The summed E-state index contributed by atoms with van der Waals surface area (Å²) in [5.74, 6) is 1.05. The lowest BCUT2D eigenvalue weighted by atomic mass is 9.92. The first-order valence-corrected chi connectivity index (χ1v) is 9.94. The van der Waals surface area contributed by atoms with Crippen LogP contribution in [0.2, 0.25) is 0 Å². The molecule has 0 aromatic carbocycles. The molecule has 2 unspecified atom stereocenters. The van der Waals surface area contributed by atoms with Crippen LogP contribution in [0, 0.1) is 5.92 Å². The van der Waals surface area contributed by atoms with E-state index in [9.17, 15) is 8.42 Å². The van der Waals surface area contributed by atoms with Gasteiger partial charge in [-0.15, -0.1) is 0 Å². The van der Waals surface area contributed by atoms with Gasteiger partial charge in [-0.05, 0) is 52.9 Å². The van der Waals surface area contributed by atoms with Gasteiger partial charge in [0.25, 0.3) is 0 Å². The minimum Gasteiger partial charge on any atom is -0.309 e. The lowest BCUT2D eigenvalue weighted by Crippen LogP contribution is -2.63. The zero-order valence-electron chi connectivity index (χ0n) is 14.3. The predicted octanol–water partition coefficient (Wildman–Crippen LogP) is 2.05. The normalized spacial score (nSPS) is 32.3. The van der Waals surface area contributed by atoms with E-state index in [4.69, 9.17) is 0 Å². The largest absolute Gasteiger partial charge is 0.309 e. The van der Waals surface area contributed by atoms with Crippen LogP contribution in [0.25, 0.3) is 0 Å². The summed E-state index contributed by atoms with van der Waals surface area (Å²) in [5.41, 5.74) is 0.122. The van der Waals surface area contributed by atoms with Crippen molar-refractivity contribution < 1.29 is 8.42 Å². The van der Waals surface area contributed by atoms with Gasteiger partial charge >= 0.3 is 0 Å². The molecule has 1 heterocycles. The van der Waals surface area contributed by atoms with E-state index in [0.29, 0.717) is 12.6 Å². The minimum absolute atomic E-state index is 0.122. The Kier molecular flexibility index (Phi) is 4.77. The van der Waals surface area contributed by atoms with Crippen LogP contribution in [0.15, 0.2) is 0 Å². The summed E-state index contributed by atoms with van der Waals surface area (Å²) in [7, 11) is -3.03. The molecular formula is C16H32N2O2S. The summed E-state index contributed by atoms with van der Waals surface area (Å²) in [6.07, 6.45) is 3.68. The Morgan fingerprint density at radius 1 is 1.29 bits per heavy atom. The Morgan fingerprint density at radius 3 is 2.38 bits per heavy atom. The lowest BCUT2D eigenvalue weighted by Gasteiger charge is -2.46. The van der Waals surface area contributed by atoms with Gasteiger partial charge in [-0.2, -0.15) is 0 Å². The van der Waals surface area contributed by atoms with Crippen LogP contribution >= 0.6 is 0 Å². The zero-order valence-corrected chi connectivity index (χ0v) is 15.1. The van der Waals surface area contributed by atoms with Crippen molar-refractivity contribution in [3.63, 3.8) is 0 Å². The van der Waals surface area contributed by atoms with E-state index in [1.54, 1.807) is 20.8 Å². The molecule has 5 heteroatoms. The van der Waals surface area contributed by atoms with Crippen molar-refractivity contribution in [1.29, 1.82) is 0 Å². The molecule has 2 atom stereocenters. The van der Waals surface area contributed by atoms with Crippen LogP contribution in [-0.2, 0) is 9.84 Å². The Morgan fingerprint density at radius 2 is 1.90 bits per heavy atom. The van der Waals surface area contributed by atoms with Crippen molar-refractivity contribution in [1.82, 2.24) is 10.2 Å².